The van der Waals surface area contributed by atoms with Crippen molar-refractivity contribution in [2.24, 2.45) is 7.05 Å². The standard InChI is InChI=1S/C29H27FNO/c1-18-11-13-21-22-14-15-23(30)26(19-9-7-6-8-10-19)28(22)32-27(21)25(18)24-16-12-20(17-31(24)5)29(2,3)4/h6-17H,1-5H3/q+1. The summed E-state index contributed by atoms with van der Waals surface area (Å²) >= 11 is 0. The Morgan fingerprint density at radius 3 is 2.09 bits per heavy atom. The van der Waals surface area contributed by atoms with Crippen LogP contribution in [0.15, 0.2) is 77.3 Å². The third-order valence-corrected chi connectivity index (χ3v) is 6.29. The Hall–Kier alpha value is -3.46. The lowest BCUT2D eigenvalue weighted by Crippen LogP contribution is -2.33. The molecule has 5 aromatic rings. The maximum Gasteiger partial charge on any atom is 0.216 e. The van der Waals surface area contributed by atoms with Crippen molar-refractivity contribution >= 4 is 21.9 Å². The first-order valence-electron chi connectivity index (χ1n) is 11.0. The summed E-state index contributed by atoms with van der Waals surface area (Å²) in [7, 11) is 2.07. The van der Waals surface area contributed by atoms with Crippen LogP contribution in [0.3, 0.4) is 0 Å². The van der Waals surface area contributed by atoms with Gasteiger partial charge < -0.3 is 4.42 Å². The number of halogens is 1. The van der Waals surface area contributed by atoms with Crippen LogP contribution in [-0.2, 0) is 12.5 Å². The van der Waals surface area contributed by atoms with E-state index < -0.39 is 0 Å². The summed E-state index contributed by atoms with van der Waals surface area (Å²) in [6.07, 6.45) is 2.19. The molecule has 0 aliphatic carbocycles. The zero-order valence-electron chi connectivity index (χ0n) is 19.2. The molecular weight excluding hydrogens is 397 g/mol. The topological polar surface area (TPSA) is 17.0 Å². The van der Waals surface area contributed by atoms with Gasteiger partial charge in [-0.1, -0.05) is 63.2 Å². The van der Waals surface area contributed by atoms with Crippen molar-refractivity contribution in [1.82, 2.24) is 0 Å². The number of aromatic nitrogens is 1. The van der Waals surface area contributed by atoms with E-state index in [0.29, 0.717) is 11.1 Å². The van der Waals surface area contributed by atoms with Crippen LogP contribution in [0, 0.1) is 12.7 Å². The summed E-state index contributed by atoms with van der Waals surface area (Å²) in [6.45, 7) is 8.74. The van der Waals surface area contributed by atoms with E-state index in [0.717, 1.165) is 38.7 Å². The molecule has 3 heteroatoms. The molecule has 0 amide bonds. The lowest BCUT2D eigenvalue weighted by Gasteiger charge is -2.17. The average molecular weight is 425 g/mol. The molecule has 0 atom stereocenters. The second-order valence-corrected chi connectivity index (χ2v) is 9.57. The number of pyridine rings is 1. The molecule has 0 bridgehead atoms. The van der Waals surface area contributed by atoms with Crippen LogP contribution in [0.25, 0.3) is 44.3 Å². The molecular formula is C29H27FNO+. The van der Waals surface area contributed by atoms with Gasteiger partial charge in [-0.05, 0) is 41.7 Å². The van der Waals surface area contributed by atoms with E-state index in [1.54, 1.807) is 0 Å². The minimum Gasteiger partial charge on any atom is -0.454 e. The highest BCUT2D eigenvalue weighted by atomic mass is 19.1. The van der Waals surface area contributed by atoms with Crippen LogP contribution < -0.4 is 4.57 Å². The number of nitrogens with zero attached hydrogens (tertiary/aromatic N) is 1. The molecule has 0 spiro atoms. The Morgan fingerprint density at radius 2 is 1.44 bits per heavy atom. The lowest BCUT2D eigenvalue weighted by atomic mass is 9.88. The van der Waals surface area contributed by atoms with Gasteiger partial charge in [-0.25, -0.2) is 8.96 Å². The molecule has 0 saturated carbocycles. The maximum atomic E-state index is 15.0. The van der Waals surface area contributed by atoms with Gasteiger partial charge in [-0.15, -0.1) is 0 Å². The van der Waals surface area contributed by atoms with Crippen LogP contribution in [0.1, 0.15) is 31.9 Å². The largest absolute Gasteiger partial charge is 0.454 e. The third kappa shape index (κ3) is 3.20. The summed E-state index contributed by atoms with van der Waals surface area (Å²) in [5.41, 5.74) is 7.28. The van der Waals surface area contributed by atoms with Gasteiger partial charge in [0.1, 0.15) is 24.0 Å². The molecule has 3 aromatic carbocycles. The smallest absolute Gasteiger partial charge is 0.216 e. The van der Waals surface area contributed by atoms with Gasteiger partial charge in [0.15, 0.2) is 6.20 Å². The van der Waals surface area contributed by atoms with E-state index in [1.807, 2.05) is 36.4 Å². The number of furan rings is 1. The zero-order valence-corrected chi connectivity index (χ0v) is 19.2. The van der Waals surface area contributed by atoms with Gasteiger partial charge in [-0.3, -0.25) is 0 Å². The second kappa shape index (κ2) is 7.30. The quantitative estimate of drug-likeness (QED) is 0.268. The van der Waals surface area contributed by atoms with Gasteiger partial charge in [0.05, 0.1) is 11.1 Å². The summed E-state index contributed by atoms with van der Waals surface area (Å²) in [5.74, 6) is -0.277. The Balaban J connectivity index is 1.83. The predicted molar refractivity (Wildman–Crippen MR) is 129 cm³/mol. The molecule has 0 aliphatic rings. The number of hydrogen-bond acceptors (Lipinski definition) is 1. The van der Waals surface area contributed by atoms with Gasteiger partial charge in [0.25, 0.3) is 0 Å². The zero-order chi connectivity index (χ0) is 22.6. The molecule has 0 unspecified atom stereocenters. The first-order chi connectivity index (χ1) is 15.3. The van der Waals surface area contributed by atoms with Crippen molar-refractivity contribution in [3.63, 3.8) is 0 Å². The molecule has 2 aromatic heterocycles. The Labute approximate surface area is 187 Å². The van der Waals surface area contributed by atoms with Gasteiger partial charge in [0, 0.05) is 22.4 Å². The molecule has 5 rings (SSSR count). The van der Waals surface area contributed by atoms with Crippen molar-refractivity contribution < 1.29 is 13.4 Å². The highest BCUT2D eigenvalue weighted by molar-refractivity contribution is 6.13. The fraction of sp³-hybridized carbons (Fsp3) is 0.207. The fourth-order valence-electron chi connectivity index (χ4n) is 4.48. The summed E-state index contributed by atoms with van der Waals surface area (Å²) in [4.78, 5) is 0. The first-order valence-corrected chi connectivity index (χ1v) is 11.0. The van der Waals surface area contributed by atoms with Crippen molar-refractivity contribution in [1.29, 1.82) is 0 Å². The normalized spacial score (nSPS) is 12.1. The van der Waals surface area contributed by atoms with Crippen LogP contribution in [-0.4, -0.2) is 0 Å². The number of fused-ring (bicyclic) bond motifs is 3. The Kier molecular flexibility index (Phi) is 4.67. The van der Waals surface area contributed by atoms with Crippen LogP contribution in [0.5, 0.6) is 0 Å². The minimum absolute atomic E-state index is 0.0683. The molecule has 2 nitrogen and oxygen atoms in total. The molecule has 2 heterocycles. The predicted octanol–water partition coefficient (Wildman–Crippen LogP) is 7.49. The van der Waals surface area contributed by atoms with Crippen molar-refractivity contribution in [2.45, 2.75) is 33.1 Å². The van der Waals surface area contributed by atoms with Crippen LogP contribution in [0.4, 0.5) is 4.39 Å². The third-order valence-electron chi connectivity index (χ3n) is 6.29. The van der Waals surface area contributed by atoms with E-state index in [9.17, 15) is 4.39 Å². The second-order valence-electron chi connectivity index (χ2n) is 9.57. The summed E-state index contributed by atoms with van der Waals surface area (Å²) in [6, 6.07) is 21.5. The maximum absolute atomic E-state index is 15.0. The Morgan fingerprint density at radius 1 is 0.781 bits per heavy atom. The number of hydrogen-bond donors (Lipinski definition) is 0. The molecule has 0 aliphatic heterocycles. The molecule has 0 radical (unpaired) electrons. The SMILES string of the molecule is Cc1ccc2c(oc3c(-c4ccccc4)c(F)ccc32)c1-c1ccc(C(C)(C)C)c[n+]1C. The molecule has 0 N–H and O–H groups in total. The fourth-order valence-corrected chi connectivity index (χ4v) is 4.48. The highest BCUT2D eigenvalue weighted by Gasteiger charge is 2.25. The number of aryl methyl sites for hydroxylation is 2. The van der Waals surface area contributed by atoms with E-state index in [1.165, 1.54) is 11.6 Å². The van der Waals surface area contributed by atoms with Crippen LogP contribution in [0.2, 0.25) is 0 Å². The van der Waals surface area contributed by atoms with Gasteiger partial charge >= 0.3 is 0 Å². The van der Waals surface area contributed by atoms with Crippen molar-refractivity contribution in [3.8, 4) is 22.4 Å². The summed E-state index contributed by atoms with van der Waals surface area (Å²) in [5, 5.41) is 1.92. The average Bonchev–Trinajstić information content (AvgIpc) is 3.12. The van der Waals surface area contributed by atoms with Gasteiger partial charge in [-0.2, -0.15) is 0 Å². The lowest BCUT2D eigenvalue weighted by molar-refractivity contribution is -0.661. The number of rotatable bonds is 2. The van der Waals surface area contributed by atoms with Crippen molar-refractivity contribution in [2.75, 3.05) is 0 Å². The summed E-state index contributed by atoms with van der Waals surface area (Å²) < 4.78 is 23.6. The molecule has 32 heavy (non-hydrogen) atoms. The minimum atomic E-state index is -0.277. The number of benzene rings is 3. The van der Waals surface area contributed by atoms with Crippen LogP contribution >= 0.6 is 0 Å². The first kappa shape index (κ1) is 20.4. The molecule has 0 saturated heterocycles. The van der Waals surface area contributed by atoms with Crippen molar-refractivity contribution in [3.05, 3.63) is 89.9 Å². The van der Waals surface area contributed by atoms with E-state index >= 15 is 0 Å². The van der Waals surface area contributed by atoms with E-state index in [-0.39, 0.29) is 11.2 Å². The van der Waals surface area contributed by atoms with E-state index in [4.69, 9.17) is 4.42 Å². The van der Waals surface area contributed by atoms with Gasteiger partial charge in [0.2, 0.25) is 5.69 Å². The monoisotopic (exact) mass is 424 g/mol. The van der Waals surface area contributed by atoms with E-state index in [2.05, 4.69) is 69.8 Å². The molecule has 0 fully saturated rings. The Bertz CT molecular complexity index is 1470. The highest BCUT2D eigenvalue weighted by Crippen LogP contribution is 2.41. The molecule has 160 valence electrons.